The minimum Gasteiger partial charge on any atom is -0.357 e. The maximum atomic E-state index is 5.62. The number of allylic oxidation sites excluding steroid dienone is 8. The topological polar surface area (TPSA) is 32.6 Å². The normalized spacial score (nSPS) is 26.2. The summed E-state index contributed by atoms with van der Waals surface area (Å²) in [5.74, 6) is 1.70. The smallest absolute Gasteiger partial charge is 0.133 e. The Balaban J connectivity index is 1.12. The number of aromatic nitrogens is 1. The molecule has 6 unspecified atom stereocenters. The number of hydrogen-bond donors (Lipinski definition) is 1. The molecule has 0 bridgehead atoms. The monoisotopic (exact) mass is 738 g/mol. The molecule has 0 saturated carbocycles. The van der Waals surface area contributed by atoms with Gasteiger partial charge in [0.15, 0.2) is 0 Å². The summed E-state index contributed by atoms with van der Waals surface area (Å²) in [5.41, 5.74) is 12.7. The van der Waals surface area contributed by atoms with Gasteiger partial charge in [0.1, 0.15) is 5.84 Å². The third kappa shape index (κ3) is 5.69. The van der Waals surface area contributed by atoms with Crippen molar-refractivity contribution in [2.75, 3.05) is 4.90 Å². The maximum absolute atomic E-state index is 5.62. The van der Waals surface area contributed by atoms with Crippen LogP contribution in [0.25, 0.3) is 27.5 Å². The van der Waals surface area contributed by atoms with Crippen LogP contribution in [0.1, 0.15) is 49.1 Å². The molecule has 0 saturated heterocycles. The SMILES string of the molecule is CC1C(n2c3ccccc3c3ccccc32)=CC(C2C=C(C3=CC=CCC3c3ccccc3)NC(C3=CCCC=C3)=N2)=CC1N1c2ccccc2C2C=CC=CC21. The number of fused-ring (bicyclic) bond motifs is 6. The van der Waals surface area contributed by atoms with Gasteiger partial charge in [-0.15, -0.1) is 0 Å². The molecule has 278 valence electrons. The van der Waals surface area contributed by atoms with Gasteiger partial charge in [-0.1, -0.05) is 159 Å². The molecule has 0 spiro atoms. The van der Waals surface area contributed by atoms with Crippen LogP contribution >= 0.6 is 0 Å². The highest BCUT2D eigenvalue weighted by Gasteiger charge is 2.43. The van der Waals surface area contributed by atoms with Crippen LogP contribution in [0.5, 0.6) is 0 Å². The fourth-order valence-corrected chi connectivity index (χ4v) is 10.2. The van der Waals surface area contributed by atoms with Crippen LogP contribution in [0.15, 0.2) is 210 Å². The quantitative estimate of drug-likeness (QED) is 0.188. The first-order valence-corrected chi connectivity index (χ1v) is 20.7. The van der Waals surface area contributed by atoms with Crippen molar-refractivity contribution in [3.8, 4) is 0 Å². The van der Waals surface area contributed by atoms with E-state index in [4.69, 9.17) is 4.99 Å². The van der Waals surface area contributed by atoms with Crippen LogP contribution in [0.3, 0.4) is 0 Å². The van der Waals surface area contributed by atoms with Crippen molar-refractivity contribution in [2.45, 2.75) is 56.1 Å². The number of anilines is 1. The molecule has 4 nitrogen and oxygen atoms in total. The van der Waals surface area contributed by atoms with Crippen molar-refractivity contribution in [3.63, 3.8) is 0 Å². The highest BCUT2D eigenvalue weighted by molar-refractivity contribution is 6.10. The van der Waals surface area contributed by atoms with E-state index in [9.17, 15) is 0 Å². The van der Waals surface area contributed by atoms with Crippen LogP contribution in [-0.2, 0) is 0 Å². The zero-order valence-corrected chi connectivity index (χ0v) is 32.2. The average molecular weight is 739 g/mol. The zero-order chi connectivity index (χ0) is 37.9. The van der Waals surface area contributed by atoms with E-state index in [0.717, 1.165) is 30.8 Å². The number of nitrogens with zero attached hydrogens (tertiary/aromatic N) is 3. The third-order valence-corrected chi connectivity index (χ3v) is 12.9. The lowest BCUT2D eigenvalue weighted by atomic mass is 9.81. The Morgan fingerprint density at radius 2 is 1.47 bits per heavy atom. The van der Waals surface area contributed by atoms with E-state index in [1.165, 1.54) is 61.0 Å². The molecule has 4 aromatic carbocycles. The largest absolute Gasteiger partial charge is 0.357 e. The first-order chi connectivity index (χ1) is 28.2. The molecule has 1 aromatic heterocycles. The number of benzene rings is 4. The van der Waals surface area contributed by atoms with Crippen LogP contribution in [0, 0.1) is 5.92 Å². The fraction of sp³-hybridized carbons (Fsp3) is 0.189. The highest BCUT2D eigenvalue weighted by Crippen LogP contribution is 2.49. The van der Waals surface area contributed by atoms with Gasteiger partial charge >= 0.3 is 0 Å². The summed E-state index contributed by atoms with van der Waals surface area (Å²) in [6.45, 7) is 2.44. The lowest BCUT2D eigenvalue weighted by molar-refractivity contribution is 0.525. The van der Waals surface area contributed by atoms with Crippen molar-refractivity contribution in [1.29, 1.82) is 0 Å². The maximum Gasteiger partial charge on any atom is 0.133 e. The zero-order valence-electron chi connectivity index (χ0n) is 32.2. The van der Waals surface area contributed by atoms with Crippen LogP contribution < -0.4 is 10.2 Å². The van der Waals surface area contributed by atoms with E-state index in [0.29, 0.717) is 5.92 Å². The summed E-state index contributed by atoms with van der Waals surface area (Å²) in [5, 5.41) is 6.45. The molecule has 3 heterocycles. The average Bonchev–Trinajstić information content (AvgIpc) is 3.80. The molecule has 57 heavy (non-hydrogen) atoms. The molecule has 4 heteroatoms. The molecule has 2 aliphatic heterocycles. The molecular weight excluding hydrogens is 693 g/mol. The first kappa shape index (κ1) is 33.9. The van der Waals surface area contributed by atoms with E-state index in [-0.39, 0.29) is 30.0 Å². The van der Waals surface area contributed by atoms with Gasteiger partial charge in [-0.05, 0) is 71.9 Å². The Kier molecular flexibility index (Phi) is 8.31. The molecule has 6 atom stereocenters. The number of amidine groups is 1. The molecule has 0 radical (unpaired) electrons. The number of rotatable bonds is 6. The van der Waals surface area contributed by atoms with Crippen LogP contribution in [-0.4, -0.2) is 28.5 Å². The summed E-state index contributed by atoms with van der Waals surface area (Å²) in [6.07, 6.45) is 33.5. The first-order valence-electron chi connectivity index (χ1n) is 20.7. The minimum atomic E-state index is -0.191. The highest BCUT2D eigenvalue weighted by atomic mass is 15.2. The Morgan fingerprint density at radius 3 is 2.28 bits per heavy atom. The Bertz CT molecular complexity index is 2690. The molecule has 0 fully saturated rings. The number of para-hydroxylation sites is 3. The van der Waals surface area contributed by atoms with Crippen molar-refractivity contribution < 1.29 is 0 Å². The summed E-state index contributed by atoms with van der Waals surface area (Å²) >= 11 is 0. The Hall–Kier alpha value is -6.39. The van der Waals surface area contributed by atoms with Gasteiger partial charge in [-0.25, -0.2) is 0 Å². The predicted octanol–water partition coefficient (Wildman–Crippen LogP) is 11.9. The molecule has 4 aliphatic carbocycles. The standard InChI is InChI=1S/C53H46N4/c1-35-51(56-47-28-14-10-24-41(47)42-25-11-15-29-48(42)56)32-38(33-52(35)57-49-30-16-12-26-43(49)44-27-13-17-31-50(44)57)45-34-46(55-53(54-45)37-20-6-3-7-21-37)40-23-9-8-22-39(40)36-18-4-2-5-19-36/h2,4-6,8-21,23-35,39,41,45,47,51H,3,7,22H2,1H3,(H,54,55). The molecular formula is C53H46N4. The van der Waals surface area contributed by atoms with Crippen molar-refractivity contribution in [3.05, 3.63) is 216 Å². The minimum absolute atomic E-state index is 0.0836. The van der Waals surface area contributed by atoms with Crippen LogP contribution in [0.2, 0.25) is 0 Å². The second-order valence-electron chi connectivity index (χ2n) is 16.2. The molecule has 11 rings (SSSR count). The molecule has 0 amide bonds. The van der Waals surface area contributed by atoms with Gasteiger partial charge in [-0.3, -0.25) is 4.99 Å². The number of hydrogen-bond acceptors (Lipinski definition) is 3. The van der Waals surface area contributed by atoms with Crippen LogP contribution in [0.4, 0.5) is 5.69 Å². The molecule has 1 N–H and O–H groups in total. The number of nitrogens with one attached hydrogen (secondary N) is 1. The summed E-state index contributed by atoms with van der Waals surface area (Å²) in [7, 11) is 0. The fourth-order valence-electron chi connectivity index (χ4n) is 10.2. The number of aliphatic imine (C=N–C) groups is 1. The van der Waals surface area contributed by atoms with Gasteiger partial charge in [0.25, 0.3) is 0 Å². The van der Waals surface area contributed by atoms with Gasteiger partial charge in [0.2, 0.25) is 0 Å². The summed E-state index contributed by atoms with van der Waals surface area (Å²) in [4.78, 5) is 8.34. The van der Waals surface area contributed by atoms with Gasteiger partial charge in [0.05, 0.1) is 29.2 Å². The Morgan fingerprint density at radius 1 is 0.719 bits per heavy atom. The van der Waals surface area contributed by atoms with E-state index in [1.807, 2.05) is 0 Å². The van der Waals surface area contributed by atoms with E-state index in [2.05, 4.69) is 204 Å². The van der Waals surface area contributed by atoms with E-state index < -0.39 is 0 Å². The van der Waals surface area contributed by atoms with Gasteiger partial charge < -0.3 is 14.8 Å². The second kappa shape index (κ2) is 14.0. The summed E-state index contributed by atoms with van der Waals surface area (Å²) < 4.78 is 2.55. The third-order valence-electron chi connectivity index (χ3n) is 12.9. The molecule has 5 aromatic rings. The Labute approximate surface area is 335 Å². The predicted molar refractivity (Wildman–Crippen MR) is 238 cm³/mol. The van der Waals surface area contributed by atoms with Gasteiger partial charge in [0, 0.05) is 51.2 Å². The van der Waals surface area contributed by atoms with E-state index >= 15 is 0 Å². The lowest BCUT2D eigenvalue weighted by Crippen LogP contribution is -2.46. The second-order valence-corrected chi connectivity index (χ2v) is 16.2. The summed E-state index contributed by atoms with van der Waals surface area (Å²) in [6, 6.07) is 38.0. The van der Waals surface area contributed by atoms with E-state index in [1.54, 1.807) is 0 Å². The van der Waals surface area contributed by atoms with Gasteiger partial charge in [-0.2, -0.15) is 0 Å². The molecule has 6 aliphatic rings. The van der Waals surface area contributed by atoms with Crippen molar-refractivity contribution in [1.82, 2.24) is 9.88 Å². The van der Waals surface area contributed by atoms with Crippen molar-refractivity contribution >= 4 is 39.0 Å². The van der Waals surface area contributed by atoms with Crippen molar-refractivity contribution in [2.24, 2.45) is 10.9 Å². The lowest BCUT2D eigenvalue weighted by Gasteiger charge is -2.42.